The Morgan fingerprint density at radius 1 is 1.14 bits per heavy atom. The zero-order valence-corrected chi connectivity index (χ0v) is 20.8. The molecule has 1 saturated heterocycles. The van der Waals surface area contributed by atoms with Crippen molar-refractivity contribution in [2.24, 2.45) is 0 Å². The Bertz CT molecular complexity index is 1220. The van der Waals surface area contributed by atoms with Crippen LogP contribution in [-0.2, 0) is 26.7 Å². The highest BCUT2D eigenvalue weighted by molar-refractivity contribution is 7.92. The third kappa shape index (κ3) is 4.41. The average molecular weight is 501 g/mol. The van der Waals surface area contributed by atoms with Crippen LogP contribution in [0.1, 0.15) is 43.2 Å². The molecule has 1 heterocycles. The number of ketones is 1. The van der Waals surface area contributed by atoms with Gasteiger partial charge in [0.1, 0.15) is 28.3 Å². The smallest absolute Gasteiger partial charge is 0.265 e. The van der Waals surface area contributed by atoms with Crippen LogP contribution >= 0.6 is 0 Å². The molecule has 1 spiro atoms. The van der Waals surface area contributed by atoms with Crippen LogP contribution < -0.4 is 14.2 Å². The number of hydrogen-bond acceptors (Lipinski definition) is 7. The average Bonchev–Trinajstić information content (AvgIpc) is 3.12. The highest BCUT2D eigenvalue weighted by Crippen LogP contribution is 2.53. The molecule has 2 fully saturated rings. The van der Waals surface area contributed by atoms with Crippen LogP contribution in [-0.4, -0.2) is 63.7 Å². The molecule has 1 aliphatic heterocycles. The number of nitrogens with zero attached hydrogens (tertiary/aromatic N) is 1. The van der Waals surface area contributed by atoms with Gasteiger partial charge in [0.25, 0.3) is 10.0 Å². The van der Waals surface area contributed by atoms with Crippen LogP contribution in [0.2, 0.25) is 0 Å². The second-order valence-electron chi connectivity index (χ2n) is 9.67. The first kappa shape index (κ1) is 24.1. The van der Waals surface area contributed by atoms with Gasteiger partial charge in [-0.15, -0.1) is 0 Å². The zero-order chi connectivity index (χ0) is 24.6. The van der Waals surface area contributed by atoms with Crippen molar-refractivity contribution in [1.29, 1.82) is 0 Å². The van der Waals surface area contributed by atoms with Gasteiger partial charge in [-0.2, -0.15) is 0 Å². The molecule has 0 radical (unpaired) electrons. The first-order valence-corrected chi connectivity index (χ1v) is 13.7. The molecule has 2 aromatic carbocycles. The SMILES string of the molecule is COc1ccccc1S(=O)(=O)Nc1cc(OC2CCN(CCO)CC2)c2c(c1)C1(CCC1)C(=O)C2. The molecule has 1 saturated carbocycles. The second kappa shape index (κ2) is 9.44. The monoisotopic (exact) mass is 500 g/mol. The summed E-state index contributed by atoms with van der Waals surface area (Å²) < 4.78 is 40.9. The Morgan fingerprint density at radius 3 is 2.54 bits per heavy atom. The highest BCUT2D eigenvalue weighted by Gasteiger charge is 2.51. The Hall–Kier alpha value is -2.62. The van der Waals surface area contributed by atoms with E-state index in [1.54, 1.807) is 24.3 Å². The number of β-amino-alcohol motifs (C(OH)–C–C–N with tert-alkyl or cyclic N) is 1. The van der Waals surface area contributed by atoms with E-state index >= 15 is 0 Å². The number of methoxy groups -OCH3 is 1. The minimum absolute atomic E-state index is 0.0249. The van der Waals surface area contributed by atoms with Gasteiger partial charge >= 0.3 is 0 Å². The number of carbonyl (C=O) groups excluding carboxylic acids is 1. The number of likely N-dealkylation sites (tertiary alicyclic amines) is 1. The lowest BCUT2D eigenvalue weighted by Crippen LogP contribution is -2.39. The van der Waals surface area contributed by atoms with Crippen LogP contribution in [0.4, 0.5) is 5.69 Å². The lowest BCUT2D eigenvalue weighted by molar-refractivity contribution is -0.125. The number of piperidine rings is 1. The number of ether oxygens (including phenoxy) is 2. The lowest BCUT2D eigenvalue weighted by atomic mass is 9.64. The number of fused-ring (bicyclic) bond motifs is 2. The number of sulfonamides is 1. The van der Waals surface area contributed by atoms with E-state index < -0.39 is 15.4 Å². The van der Waals surface area contributed by atoms with E-state index in [1.165, 1.54) is 13.2 Å². The zero-order valence-electron chi connectivity index (χ0n) is 20.0. The number of rotatable bonds is 8. The Labute approximate surface area is 206 Å². The molecule has 5 rings (SSSR count). The van der Waals surface area contributed by atoms with Crippen molar-refractivity contribution in [2.75, 3.05) is 38.1 Å². The third-order valence-electron chi connectivity index (χ3n) is 7.66. The summed E-state index contributed by atoms with van der Waals surface area (Å²) in [6.07, 6.45) is 4.50. The fourth-order valence-corrected chi connectivity index (χ4v) is 6.81. The molecule has 8 nitrogen and oxygen atoms in total. The molecule has 2 aliphatic carbocycles. The molecule has 2 aromatic rings. The fraction of sp³-hybridized carbons (Fsp3) is 0.500. The van der Waals surface area contributed by atoms with E-state index in [2.05, 4.69) is 9.62 Å². The molecule has 9 heteroatoms. The second-order valence-corrected chi connectivity index (χ2v) is 11.3. The Morgan fingerprint density at radius 2 is 1.89 bits per heavy atom. The first-order valence-electron chi connectivity index (χ1n) is 12.2. The molecule has 3 aliphatic rings. The topological polar surface area (TPSA) is 105 Å². The number of carbonyl (C=O) groups is 1. The standard InChI is InChI=1S/C26H32N2O6S/c1-33-22-5-2-3-6-24(22)35(31,32)27-18-15-21-20(17-25(30)26(21)9-4-10-26)23(16-18)34-19-7-11-28(12-8-19)13-14-29/h2-3,5-6,15-16,19,27,29H,4,7-14,17H2,1H3. The number of aliphatic hydroxyl groups is 1. The number of hydrogen-bond donors (Lipinski definition) is 2. The van der Waals surface area contributed by atoms with E-state index in [4.69, 9.17) is 9.47 Å². The van der Waals surface area contributed by atoms with Crippen LogP contribution in [0.3, 0.4) is 0 Å². The number of Topliss-reactive ketones (excluding diaryl/α,β-unsaturated/α-hetero) is 1. The maximum Gasteiger partial charge on any atom is 0.265 e. The Balaban J connectivity index is 1.47. The van der Waals surface area contributed by atoms with E-state index in [9.17, 15) is 18.3 Å². The summed E-state index contributed by atoms with van der Waals surface area (Å²) in [6, 6.07) is 10.0. The molecular formula is C26H32N2O6S. The van der Waals surface area contributed by atoms with Gasteiger partial charge in [-0.25, -0.2) is 8.42 Å². The molecule has 35 heavy (non-hydrogen) atoms. The summed E-state index contributed by atoms with van der Waals surface area (Å²) in [4.78, 5) is 15.3. The third-order valence-corrected chi connectivity index (χ3v) is 9.08. The van der Waals surface area contributed by atoms with Crippen molar-refractivity contribution in [3.63, 3.8) is 0 Å². The van der Waals surface area contributed by atoms with Gasteiger partial charge in [-0.05, 0) is 49.4 Å². The van der Waals surface area contributed by atoms with Crippen molar-refractivity contribution in [2.45, 2.75) is 54.9 Å². The molecule has 0 unspecified atom stereocenters. The van der Waals surface area contributed by atoms with Crippen LogP contribution in [0.25, 0.3) is 0 Å². The van der Waals surface area contributed by atoms with E-state index in [0.29, 0.717) is 24.4 Å². The number of para-hydroxylation sites is 1. The molecule has 0 atom stereocenters. The molecule has 0 amide bonds. The van der Waals surface area contributed by atoms with Crippen molar-refractivity contribution >= 4 is 21.5 Å². The summed E-state index contributed by atoms with van der Waals surface area (Å²) >= 11 is 0. The summed E-state index contributed by atoms with van der Waals surface area (Å²) in [5.74, 6) is 1.06. The maximum absolute atomic E-state index is 13.3. The maximum atomic E-state index is 13.3. The van der Waals surface area contributed by atoms with Crippen molar-refractivity contribution in [1.82, 2.24) is 4.90 Å². The minimum atomic E-state index is -3.92. The van der Waals surface area contributed by atoms with Gasteiger partial charge in [-0.1, -0.05) is 18.6 Å². The van der Waals surface area contributed by atoms with Gasteiger partial charge in [0.05, 0.1) is 24.8 Å². The number of benzene rings is 2. The number of nitrogens with one attached hydrogen (secondary N) is 1. The minimum Gasteiger partial charge on any atom is -0.495 e. The van der Waals surface area contributed by atoms with Crippen LogP contribution in [0.15, 0.2) is 41.3 Å². The normalized spacial score (nSPS) is 19.9. The lowest BCUT2D eigenvalue weighted by Gasteiger charge is -2.38. The van der Waals surface area contributed by atoms with Gasteiger partial charge in [0.2, 0.25) is 0 Å². The summed E-state index contributed by atoms with van der Waals surface area (Å²) in [5.41, 5.74) is 1.68. The van der Waals surface area contributed by atoms with Crippen molar-refractivity contribution < 1.29 is 27.8 Å². The van der Waals surface area contributed by atoms with Gasteiger partial charge < -0.3 is 19.5 Å². The predicted molar refractivity (Wildman–Crippen MR) is 132 cm³/mol. The quantitative estimate of drug-likeness (QED) is 0.574. The molecule has 0 bridgehead atoms. The molecule has 2 N–H and O–H groups in total. The van der Waals surface area contributed by atoms with Gasteiger partial charge in [0.15, 0.2) is 0 Å². The van der Waals surface area contributed by atoms with E-state index in [0.717, 1.165) is 56.3 Å². The highest BCUT2D eigenvalue weighted by atomic mass is 32.2. The first-order chi connectivity index (χ1) is 16.9. The summed E-state index contributed by atoms with van der Waals surface area (Å²) in [7, 11) is -2.48. The Kier molecular flexibility index (Phi) is 6.50. The summed E-state index contributed by atoms with van der Waals surface area (Å²) in [6.45, 7) is 2.45. The summed E-state index contributed by atoms with van der Waals surface area (Å²) in [5, 5.41) is 9.20. The molecule has 188 valence electrons. The van der Waals surface area contributed by atoms with Crippen LogP contribution in [0, 0.1) is 0 Å². The van der Waals surface area contributed by atoms with E-state index in [1.807, 2.05) is 6.07 Å². The largest absolute Gasteiger partial charge is 0.495 e. The van der Waals surface area contributed by atoms with E-state index in [-0.39, 0.29) is 29.1 Å². The van der Waals surface area contributed by atoms with Crippen molar-refractivity contribution in [3.05, 3.63) is 47.5 Å². The van der Waals surface area contributed by atoms with Crippen LogP contribution in [0.5, 0.6) is 11.5 Å². The van der Waals surface area contributed by atoms with Gasteiger partial charge in [0, 0.05) is 37.7 Å². The predicted octanol–water partition coefficient (Wildman–Crippen LogP) is 2.88. The molecular weight excluding hydrogens is 468 g/mol. The fourth-order valence-electron chi connectivity index (χ4n) is 5.60. The molecule has 0 aromatic heterocycles. The van der Waals surface area contributed by atoms with Crippen molar-refractivity contribution in [3.8, 4) is 11.5 Å². The number of aliphatic hydroxyl groups excluding tert-OH is 1. The van der Waals surface area contributed by atoms with Gasteiger partial charge in [-0.3, -0.25) is 9.52 Å². The number of anilines is 1.